The number of hydrogen-bond donors (Lipinski definition) is 0. The minimum Gasteiger partial charge on any atom is -0.0496 e. The van der Waals surface area contributed by atoms with Gasteiger partial charge in [-0.3, -0.25) is 0 Å². The molecule has 0 saturated carbocycles. The van der Waals surface area contributed by atoms with Crippen LogP contribution in [0.3, 0.4) is 0 Å². The minimum atomic E-state index is 0.945. The van der Waals surface area contributed by atoms with E-state index in [9.17, 15) is 0 Å². The van der Waals surface area contributed by atoms with Gasteiger partial charge in [-0.2, -0.15) is 0 Å². The van der Waals surface area contributed by atoms with Gasteiger partial charge in [-0.1, -0.05) is 0 Å². The Morgan fingerprint density at radius 2 is 2.00 bits per heavy atom. The third kappa shape index (κ3) is 0.919. The molecule has 2 aromatic carbocycles. The average Bonchev–Trinajstić information content (AvgIpc) is 2.56. The molecule has 3 rings (SSSR count). The standard InChI is InChI=1S/C13H5/c1-3-7-12-10(5-1)9-11-6-2-4-8-13(11)12/h1,6,8H,9H2. The summed E-state index contributed by atoms with van der Waals surface area (Å²) in [7, 11) is 0. The molecular formula is C13H5. The Morgan fingerprint density at radius 1 is 1.08 bits per heavy atom. The molecule has 2 aromatic rings. The molecule has 0 amide bonds. The van der Waals surface area contributed by atoms with Gasteiger partial charge in [0.25, 0.3) is 0 Å². The molecule has 57 valence electrons. The first kappa shape index (κ1) is 6.90. The second-order valence-corrected chi connectivity index (χ2v) is 3.10. The fourth-order valence-corrected chi connectivity index (χ4v) is 1.73. The molecule has 0 N–H and O–H groups in total. The van der Waals surface area contributed by atoms with Gasteiger partial charge < -0.3 is 0 Å². The SMILES string of the molecule is [c]1[c]c2c([c]c1)Cc1c[c][c]cc1-2. The van der Waals surface area contributed by atoms with Crippen molar-refractivity contribution in [2.45, 2.75) is 6.42 Å². The molecule has 0 atom stereocenters. The first-order valence-corrected chi connectivity index (χ1v) is 4.19. The molecule has 5 radical (unpaired) electrons. The van der Waals surface area contributed by atoms with Gasteiger partial charge in [-0.25, -0.2) is 0 Å². The molecule has 0 unspecified atom stereocenters. The topological polar surface area (TPSA) is 0 Å². The highest BCUT2D eigenvalue weighted by Crippen LogP contribution is 2.34. The van der Waals surface area contributed by atoms with Crippen LogP contribution in [-0.2, 0) is 6.42 Å². The zero-order valence-electron chi connectivity index (χ0n) is 6.94. The minimum absolute atomic E-state index is 0.945. The predicted octanol–water partition coefficient (Wildman–Crippen LogP) is 2.26. The monoisotopic (exact) mass is 161 g/mol. The lowest BCUT2D eigenvalue weighted by Crippen LogP contribution is -1.78. The molecule has 0 saturated heterocycles. The maximum absolute atomic E-state index is 3.18. The number of benzene rings is 2. The van der Waals surface area contributed by atoms with E-state index in [1.54, 1.807) is 6.07 Å². The molecule has 0 heterocycles. The summed E-state index contributed by atoms with van der Waals surface area (Å²) in [6, 6.07) is 20.9. The van der Waals surface area contributed by atoms with Crippen LogP contribution in [0.25, 0.3) is 11.1 Å². The number of hydrogen-bond acceptors (Lipinski definition) is 0. The fraction of sp³-hybridized carbons (Fsp3) is 0.0769. The van der Waals surface area contributed by atoms with Crippen LogP contribution in [0.5, 0.6) is 0 Å². The molecule has 0 aromatic heterocycles. The van der Waals surface area contributed by atoms with Gasteiger partial charge in [-0.15, -0.1) is 0 Å². The summed E-state index contributed by atoms with van der Waals surface area (Å²) in [4.78, 5) is 0. The molecule has 0 aliphatic heterocycles. The van der Waals surface area contributed by atoms with Gasteiger partial charge in [0, 0.05) is 0 Å². The van der Waals surface area contributed by atoms with Crippen LogP contribution in [0.2, 0.25) is 0 Å². The predicted molar refractivity (Wildman–Crippen MR) is 48.9 cm³/mol. The first-order valence-electron chi connectivity index (χ1n) is 4.19. The lowest BCUT2D eigenvalue weighted by Gasteiger charge is -1.96. The van der Waals surface area contributed by atoms with E-state index in [0.717, 1.165) is 12.0 Å². The van der Waals surface area contributed by atoms with Crippen LogP contribution >= 0.6 is 0 Å². The summed E-state index contributed by atoms with van der Waals surface area (Å²) in [5.74, 6) is 0. The highest BCUT2D eigenvalue weighted by atomic mass is 14.2. The van der Waals surface area contributed by atoms with Crippen LogP contribution in [0.15, 0.2) is 18.2 Å². The van der Waals surface area contributed by atoms with E-state index in [0.29, 0.717) is 0 Å². The quantitative estimate of drug-likeness (QED) is 0.474. The molecule has 0 bridgehead atoms. The molecule has 1 aliphatic carbocycles. The summed E-state index contributed by atoms with van der Waals surface area (Å²) < 4.78 is 0. The van der Waals surface area contributed by atoms with Crippen LogP contribution in [0.4, 0.5) is 0 Å². The maximum Gasteiger partial charge on any atom is -0.000682 e. The van der Waals surface area contributed by atoms with Crippen molar-refractivity contribution in [2.24, 2.45) is 0 Å². The Kier molecular flexibility index (Phi) is 1.31. The van der Waals surface area contributed by atoms with E-state index in [1.807, 2.05) is 12.1 Å². The van der Waals surface area contributed by atoms with Gasteiger partial charge in [0.05, 0.1) is 0 Å². The number of rotatable bonds is 0. The van der Waals surface area contributed by atoms with E-state index in [4.69, 9.17) is 0 Å². The molecule has 0 spiro atoms. The highest BCUT2D eigenvalue weighted by Gasteiger charge is 2.16. The zero-order chi connectivity index (χ0) is 8.67. The van der Waals surface area contributed by atoms with E-state index in [2.05, 4.69) is 30.3 Å². The van der Waals surface area contributed by atoms with Gasteiger partial charge in [-0.05, 0) is 77.2 Å². The van der Waals surface area contributed by atoms with Gasteiger partial charge in [0.2, 0.25) is 0 Å². The van der Waals surface area contributed by atoms with E-state index in [1.165, 1.54) is 16.7 Å². The smallest absolute Gasteiger partial charge is 0.000682 e. The molecule has 0 nitrogen and oxygen atoms in total. The van der Waals surface area contributed by atoms with Crippen LogP contribution in [0, 0.1) is 30.3 Å². The molecule has 0 fully saturated rings. The Hall–Kier alpha value is -1.56. The van der Waals surface area contributed by atoms with Crippen molar-refractivity contribution >= 4 is 0 Å². The fourth-order valence-electron chi connectivity index (χ4n) is 1.73. The molecule has 0 heteroatoms. The third-order valence-corrected chi connectivity index (χ3v) is 2.35. The van der Waals surface area contributed by atoms with Crippen LogP contribution in [-0.4, -0.2) is 0 Å². The Balaban J connectivity index is 2.32. The second-order valence-electron chi connectivity index (χ2n) is 3.10. The van der Waals surface area contributed by atoms with Crippen LogP contribution in [0.1, 0.15) is 11.1 Å². The average molecular weight is 161 g/mol. The molecule has 13 heavy (non-hydrogen) atoms. The summed E-state index contributed by atoms with van der Waals surface area (Å²) in [6.07, 6.45) is 0.945. The molecule has 1 aliphatic rings. The van der Waals surface area contributed by atoms with Crippen molar-refractivity contribution in [3.8, 4) is 11.1 Å². The van der Waals surface area contributed by atoms with Gasteiger partial charge in [0.1, 0.15) is 0 Å². The summed E-state index contributed by atoms with van der Waals surface area (Å²) in [5, 5.41) is 0. The number of fused-ring (bicyclic) bond motifs is 3. The van der Waals surface area contributed by atoms with Crippen molar-refractivity contribution in [2.75, 3.05) is 0 Å². The van der Waals surface area contributed by atoms with E-state index >= 15 is 0 Å². The lowest BCUT2D eigenvalue weighted by molar-refractivity contribution is 1.25. The molecular weight excluding hydrogens is 156 g/mol. The largest absolute Gasteiger partial charge is 0.0496 e. The normalized spacial score (nSPS) is 12.3. The van der Waals surface area contributed by atoms with E-state index in [-0.39, 0.29) is 0 Å². The summed E-state index contributed by atoms with van der Waals surface area (Å²) in [5.41, 5.74) is 4.84. The maximum atomic E-state index is 3.18. The Morgan fingerprint density at radius 3 is 3.00 bits per heavy atom. The van der Waals surface area contributed by atoms with Crippen LogP contribution < -0.4 is 0 Å². The summed E-state index contributed by atoms with van der Waals surface area (Å²) >= 11 is 0. The second kappa shape index (κ2) is 2.46. The first-order chi connectivity index (χ1) is 6.45. The zero-order valence-corrected chi connectivity index (χ0v) is 6.94. The van der Waals surface area contributed by atoms with Crippen molar-refractivity contribution < 1.29 is 0 Å². The van der Waals surface area contributed by atoms with Crippen molar-refractivity contribution in [3.63, 3.8) is 0 Å². The summed E-state index contributed by atoms with van der Waals surface area (Å²) in [6.45, 7) is 0. The van der Waals surface area contributed by atoms with E-state index < -0.39 is 0 Å². The van der Waals surface area contributed by atoms with Gasteiger partial charge in [0.15, 0.2) is 0 Å². The van der Waals surface area contributed by atoms with Crippen molar-refractivity contribution in [3.05, 3.63) is 59.7 Å². The Labute approximate surface area is 77.8 Å². The van der Waals surface area contributed by atoms with Gasteiger partial charge >= 0.3 is 0 Å². The highest BCUT2D eigenvalue weighted by molar-refractivity contribution is 5.75. The third-order valence-electron chi connectivity index (χ3n) is 2.35. The van der Waals surface area contributed by atoms with Crippen molar-refractivity contribution in [1.29, 1.82) is 0 Å². The van der Waals surface area contributed by atoms with Crippen molar-refractivity contribution in [1.82, 2.24) is 0 Å². The Bertz CT molecular complexity index is 412. The lowest BCUT2D eigenvalue weighted by atomic mass is 10.1.